The van der Waals surface area contributed by atoms with Gasteiger partial charge in [0.25, 0.3) is 0 Å². The first kappa shape index (κ1) is 17.4. The molecule has 3 rings (SSSR count). The molecule has 0 fully saturated rings. The lowest BCUT2D eigenvalue weighted by atomic mass is 10.1. The molecule has 0 radical (unpaired) electrons. The molecule has 0 atom stereocenters. The SMILES string of the molecule is Cc1cccc(C)c1NC(=O)Cc1csc(Nc2ccc(Cl)cn2)n1. The summed E-state index contributed by atoms with van der Waals surface area (Å²) >= 11 is 7.24. The number of carbonyl (C=O) groups excluding carboxylic acids is 1. The summed E-state index contributed by atoms with van der Waals surface area (Å²) in [5.74, 6) is 0.573. The van der Waals surface area contributed by atoms with E-state index in [-0.39, 0.29) is 12.3 Å². The van der Waals surface area contributed by atoms with Crippen LogP contribution >= 0.6 is 22.9 Å². The molecule has 2 aromatic heterocycles. The second kappa shape index (κ2) is 7.63. The average Bonchev–Trinajstić information content (AvgIpc) is 3.00. The highest BCUT2D eigenvalue weighted by molar-refractivity contribution is 7.13. The average molecular weight is 373 g/mol. The molecule has 128 valence electrons. The number of benzene rings is 1. The fraction of sp³-hybridized carbons (Fsp3) is 0.167. The van der Waals surface area contributed by atoms with Crippen LogP contribution in [0.25, 0.3) is 0 Å². The van der Waals surface area contributed by atoms with Crippen molar-refractivity contribution >= 4 is 45.5 Å². The number of rotatable bonds is 5. The van der Waals surface area contributed by atoms with Crippen LogP contribution in [0.3, 0.4) is 0 Å². The van der Waals surface area contributed by atoms with E-state index in [1.54, 1.807) is 18.3 Å². The number of aromatic nitrogens is 2. The number of hydrogen-bond donors (Lipinski definition) is 2. The lowest BCUT2D eigenvalue weighted by molar-refractivity contribution is -0.115. The Morgan fingerprint density at radius 1 is 1.20 bits per heavy atom. The lowest BCUT2D eigenvalue weighted by Crippen LogP contribution is -2.16. The minimum atomic E-state index is -0.0844. The van der Waals surface area contributed by atoms with Gasteiger partial charge in [-0.25, -0.2) is 9.97 Å². The van der Waals surface area contributed by atoms with Crippen molar-refractivity contribution in [1.82, 2.24) is 9.97 Å². The van der Waals surface area contributed by atoms with Crippen molar-refractivity contribution in [1.29, 1.82) is 0 Å². The van der Waals surface area contributed by atoms with Crippen molar-refractivity contribution in [3.05, 3.63) is 63.8 Å². The van der Waals surface area contributed by atoms with Gasteiger partial charge in [-0.3, -0.25) is 4.79 Å². The number of hydrogen-bond acceptors (Lipinski definition) is 5. The van der Waals surface area contributed by atoms with Crippen LogP contribution in [0, 0.1) is 13.8 Å². The predicted octanol–water partition coefficient (Wildman–Crippen LogP) is 4.73. The minimum Gasteiger partial charge on any atom is -0.325 e. The maximum absolute atomic E-state index is 12.3. The lowest BCUT2D eigenvalue weighted by Gasteiger charge is -2.10. The molecule has 5 nitrogen and oxygen atoms in total. The number of carbonyl (C=O) groups is 1. The molecule has 1 amide bonds. The van der Waals surface area contributed by atoms with Crippen molar-refractivity contribution < 1.29 is 4.79 Å². The number of anilines is 3. The van der Waals surface area contributed by atoms with E-state index in [1.807, 2.05) is 37.4 Å². The third-order valence-corrected chi connectivity index (χ3v) is 4.63. The molecular weight excluding hydrogens is 356 g/mol. The topological polar surface area (TPSA) is 66.9 Å². The summed E-state index contributed by atoms with van der Waals surface area (Å²) in [6.07, 6.45) is 1.79. The van der Waals surface area contributed by atoms with Crippen LogP contribution in [0.2, 0.25) is 5.02 Å². The molecular formula is C18H17ClN4OS. The number of nitrogens with one attached hydrogen (secondary N) is 2. The Morgan fingerprint density at radius 3 is 2.64 bits per heavy atom. The molecule has 0 aliphatic rings. The van der Waals surface area contributed by atoms with Crippen LogP contribution < -0.4 is 10.6 Å². The highest BCUT2D eigenvalue weighted by Crippen LogP contribution is 2.22. The van der Waals surface area contributed by atoms with Gasteiger partial charge in [-0.2, -0.15) is 0 Å². The molecule has 0 unspecified atom stereocenters. The van der Waals surface area contributed by atoms with E-state index in [0.29, 0.717) is 21.7 Å². The molecule has 2 N–H and O–H groups in total. The number of thiazole rings is 1. The highest BCUT2D eigenvalue weighted by Gasteiger charge is 2.11. The molecule has 0 saturated carbocycles. The highest BCUT2D eigenvalue weighted by atomic mass is 35.5. The summed E-state index contributed by atoms with van der Waals surface area (Å²) in [6.45, 7) is 3.96. The van der Waals surface area contributed by atoms with Crippen molar-refractivity contribution in [2.75, 3.05) is 10.6 Å². The zero-order chi connectivity index (χ0) is 17.8. The molecule has 2 heterocycles. The number of para-hydroxylation sites is 1. The summed E-state index contributed by atoms with van der Waals surface area (Å²) in [7, 11) is 0. The zero-order valence-corrected chi connectivity index (χ0v) is 15.4. The number of nitrogens with zero attached hydrogens (tertiary/aromatic N) is 2. The second-order valence-electron chi connectivity index (χ2n) is 5.62. The van der Waals surface area contributed by atoms with Crippen molar-refractivity contribution in [2.24, 2.45) is 0 Å². The van der Waals surface area contributed by atoms with E-state index < -0.39 is 0 Å². The molecule has 0 bridgehead atoms. The minimum absolute atomic E-state index is 0.0844. The Balaban J connectivity index is 1.63. The summed E-state index contributed by atoms with van der Waals surface area (Å²) in [5.41, 5.74) is 3.67. The number of aryl methyl sites for hydroxylation is 2. The molecule has 0 aliphatic carbocycles. The first-order chi connectivity index (χ1) is 12.0. The smallest absolute Gasteiger partial charge is 0.230 e. The van der Waals surface area contributed by atoms with E-state index in [2.05, 4.69) is 20.6 Å². The van der Waals surface area contributed by atoms with Gasteiger partial charge in [0.15, 0.2) is 5.13 Å². The Bertz CT molecular complexity index is 872. The van der Waals surface area contributed by atoms with Gasteiger partial charge in [-0.1, -0.05) is 29.8 Å². The van der Waals surface area contributed by atoms with Gasteiger partial charge >= 0.3 is 0 Å². The van der Waals surface area contributed by atoms with Crippen LogP contribution in [-0.4, -0.2) is 15.9 Å². The molecule has 3 aromatic rings. The van der Waals surface area contributed by atoms with Gasteiger partial charge in [0.05, 0.1) is 17.1 Å². The largest absolute Gasteiger partial charge is 0.325 e. The van der Waals surface area contributed by atoms with E-state index in [4.69, 9.17) is 11.6 Å². The van der Waals surface area contributed by atoms with Gasteiger partial charge < -0.3 is 10.6 Å². The maximum Gasteiger partial charge on any atom is 0.230 e. The monoisotopic (exact) mass is 372 g/mol. The standard InChI is InChI=1S/C18H17ClN4OS/c1-11-4-3-5-12(2)17(11)23-16(24)8-14-10-25-18(21-14)22-15-7-6-13(19)9-20-15/h3-7,9-10H,8H2,1-2H3,(H,23,24)(H,20,21,22). The van der Waals surface area contributed by atoms with Gasteiger partial charge in [0.2, 0.25) is 5.91 Å². The molecule has 7 heteroatoms. The second-order valence-corrected chi connectivity index (χ2v) is 6.92. The molecule has 0 spiro atoms. The maximum atomic E-state index is 12.3. The van der Waals surface area contributed by atoms with Crippen molar-refractivity contribution in [3.8, 4) is 0 Å². The van der Waals surface area contributed by atoms with Crippen LogP contribution in [0.5, 0.6) is 0 Å². The van der Waals surface area contributed by atoms with Gasteiger partial charge in [0.1, 0.15) is 5.82 Å². The van der Waals surface area contributed by atoms with Crippen molar-refractivity contribution in [3.63, 3.8) is 0 Å². The molecule has 1 aromatic carbocycles. The Labute approximate surface area is 155 Å². The first-order valence-electron chi connectivity index (χ1n) is 7.70. The van der Waals surface area contributed by atoms with Crippen LogP contribution in [0.15, 0.2) is 41.9 Å². The van der Waals surface area contributed by atoms with Crippen LogP contribution in [-0.2, 0) is 11.2 Å². The summed E-state index contributed by atoms with van der Waals surface area (Å²) < 4.78 is 0. The van der Waals surface area contributed by atoms with E-state index >= 15 is 0 Å². The summed E-state index contributed by atoms with van der Waals surface area (Å²) in [4.78, 5) is 20.9. The number of amides is 1. The molecule has 0 saturated heterocycles. The zero-order valence-electron chi connectivity index (χ0n) is 13.8. The Kier molecular flexibility index (Phi) is 5.31. The normalized spacial score (nSPS) is 10.5. The Hall–Kier alpha value is -2.44. The third-order valence-electron chi connectivity index (χ3n) is 3.60. The van der Waals surface area contributed by atoms with E-state index in [0.717, 1.165) is 16.8 Å². The number of pyridine rings is 1. The van der Waals surface area contributed by atoms with E-state index in [9.17, 15) is 4.79 Å². The van der Waals surface area contributed by atoms with Gasteiger partial charge in [0, 0.05) is 17.3 Å². The predicted molar refractivity (Wildman–Crippen MR) is 103 cm³/mol. The third kappa shape index (κ3) is 4.55. The van der Waals surface area contributed by atoms with Gasteiger partial charge in [-0.15, -0.1) is 11.3 Å². The van der Waals surface area contributed by atoms with Crippen molar-refractivity contribution in [2.45, 2.75) is 20.3 Å². The van der Waals surface area contributed by atoms with Gasteiger partial charge in [-0.05, 0) is 37.1 Å². The summed E-state index contributed by atoms with van der Waals surface area (Å²) in [5, 5.41) is 9.19. The summed E-state index contributed by atoms with van der Waals surface area (Å²) in [6, 6.07) is 9.46. The fourth-order valence-electron chi connectivity index (χ4n) is 2.36. The van der Waals surface area contributed by atoms with Crippen LogP contribution in [0.1, 0.15) is 16.8 Å². The Morgan fingerprint density at radius 2 is 1.96 bits per heavy atom. The molecule has 25 heavy (non-hydrogen) atoms. The first-order valence-corrected chi connectivity index (χ1v) is 8.96. The fourth-order valence-corrected chi connectivity index (χ4v) is 3.19. The van der Waals surface area contributed by atoms with Crippen LogP contribution in [0.4, 0.5) is 16.6 Å². The number of halogens is 1. The van der Waals surface area contributed by atoms with E-state index in [1.165, 1.54) is 11.3 Å². The molecule has 0 aliphatic heterocycles. The quantitative estimate of drug-likeness (QED) is 0.679.